The number of aliphatic hydroxyl groups is 1. The van der Waals surface area contributed by atoms with Gasteiger partial charge in [0.25, 0.3) is 5.91 Å². The quantitative estimate of drug-likeness (QED) is 0.160. The number of amides is 1. The number of primary amides is 1. The summed E-state index contributed by atoms with van der Waals surface area (Å²) in [5, 5.41) is 12.6. The Morgan fingerprint density at radius 3 is 2.19 bits per heavy atom. The molecule has 1 fully saturated rings. The van der Waals surface area contributed by atoms with Gasteiger partial charge in [0, 0.05) is 31.5 Å². The SMILES string of the molecule is NCC1(N/C=C(/C(N)=O)C(N)=Nc2ccc(F)cc2)CCN(c2ccc(C(O)C(F)(F)F)cc2)CC1. The number of piperidine rings is 1. The van der Waals surface area contributed by atoms with E-state index in [4.69, 9.17) is 17.2 Å². The molecule has 12 heteroatoms. The smallest absolute Gasteiger partial charge is 0.383 e. The van der Waals surface area contributed by atoms with Gasteiger partial charge in [0.1, 0.15) is 11.7 Å². The number of nitrogens with zero attached hydrogens (tertiary/aromatic N) is 2. The van der Waals surface area contributed by atoms with Crippen molar-refractivity contribution >= 4 is 23.1 Å². The van der Waals surface area contributed by atoms with Gasteiger partial charge < -0.3 is 32.5 Å². The molecule has 194 valence electrons. The zero-order valence-corrected chi connectivity index (χ0v) is 19.3. The summed E-state index contributed by atoms with van der Waals surface area (Å²) in [7, 11) is 0. The molecule has 1 aliphatic rings. The Morgan fingerprint density at radius 1 is 1.11 bits per heavy atom. The Hall–Kier alpha value is -3.64. The highest BCUT2D eigenvalue weighted by atomic mass is 19.4. The van der Waals surface area contributed by atoms with Crippen LogP contribution in [0.2, 0.25) is 0 Å². The lowest BCUT2D eigenvalue weighted by Gasteiger charge is -2.42. The van der Waals surface area contributed by atoms with Gasteiger partial charge in [0.2, 0.25) is 0 Å². The molecular weight excluding hydrogens is 480 g/mol. The summed E-state index contributed by atoms with van der Waals surface area (Å²) in [6, 6.07) is 10.8. The summed E-state index contributed by atoms with van der Waals surface area (Å²) in [5.41, 5.74) is 17.7. The lowest BCUT2D eigenvalue weighted by atomic mass is 9.87. The molecule has 1 aliphatic heterocycles. The molecule has 0 aliphatic carbocycles. The van der Waals surface area contributed by atoms with E-state index < -0.39 is 29.5 Å². The average molecular weight is 509 g/mol. The Bertz CT molecular complexity index is 1110. The number of hydrogen-bond donors (Lipinski definition) is 5. The monoisotopic (exact) mass is 508 g/mol. The number of aliphatic imine (C=N–C) groups is 1. The van der Waals surface area contributed by atoms with Gasteiger partial charge in [-0.2, -0.15) is 13.2 Å². The first-order valence-electron chi connectivity index (χ1n) is 11.1. The van der Waals surface area contributed by atoms with Gasteiger partial charge in [-0.05, 0) is 54.8 Å². The molecule has 1 saturated heterocycles. The van der Waals surface area contributed by atoms with Gasteiger partial charge >= 0.3 is 6.18 Å². The van der Waals surface area contributed by atoms with E-state index in [1.54, 1.807) is 0 Å². The van der Waals surface area contributed by atoms with E-state index in [9.17, 15) is 27.5 Å². The number of anilines is 1. The van der Waals surface area contributed by atoms with E-state index >= 15 is 0 Å². The van der Waals surface area contributed by atoms with Crippen molar-refractivity contribution in [1.29, 1.82) is 0 Å². The molecule has 8 N–H and O–H groups in total. The summed E-state index contributed by atoms with van der Waals surface area (Å²) < 4.78 is 51.3. The van der Waals surface area contributed by atoms with Crippen molar-refractivity contribution in [3.63, 3.8) is 0 Å². The number of benzene rings is 2. The van der Waals surface area contributed by atoms with E-state index in [1.807, 2.05) is 4.90 Å². The highest BCUT2D eigenvalue weighted by molar-refractivity contribution is 6.20. The first-order valence-corrected chi connectivity index (χ1v) is 11.1. The predicted molar refractivity (Wildman–Crippen MR) is 129 cm³/mol. The summed E-state index contributed by atoms with van der Waals surface area (Å²) in [5.74, 6) is -1.39. The summed E-state index contributed by atoms with van der Waals surface area (Å²) in [6.45, 7) is 1.30. The Balaban J connectivity index is 1.69. The molecule has 1 heterocycles. The molecule has 1 unspecified atom stereocenters. The number of halogens is 4. The van der Waals surface area contributed by atoms with E-state index in [1.165, 1.54) is 54.7 Å². The topological polar surface area (TPSA) is 143 Å². The number of amidine groups is 1. The van der Waals surface area contributed by atoms with Crippen molar-refractivity contribution < 1.29 is 27.5 Å². The second-order valence-electron chi connectivity index (χ2n) is 8.55. The molecule has 8 nitrogen and oxygen atoms in total. The third-order valence-electron chi connectivity index (χ3n) is 6.14. The van der Waals surface area contributed by atoms with Crippen LogP contribution in [0.5, 0.6) is 0 Å². The Morgan fingerprint density at radius 2 is 1.69 bits per heavy atom. The number of alkyl halides is 3. The maximum absolute atomic E-state index is 13.1. The van der Waals surface area contributed by atoms with Crippen molar-refractivity contribution in [1.82, 2.24) is 5.32 Å². The van der Waals surface area contributed by atoms with Crippen LogP contribution < -0.4 is 27.4 Å². The van der Waals surface area contributed by atoms with Gasteiger partial charge in [-0.15, -0.1) is 0 Å². The molecule has 1 atom stereocenters. The fourth-order valence-electron chi connectivity index (χ4n) is 3.87. The minimum atomic E-state index is -4.73. The first-order chi connectivity index (χ1) is 16.9. The Kier molecular flexibility index (Phi) is 8.21. The number of hydrogen-bond acceptors (Lipinski definition) is 6. The standard InChI is InChI=1S/C24H28F4N6O2/c25-16-3-5-17(6-4-16)33-21(30)19(22(31)36)13-32-23(14-29)9-11-34(12-10-23)18-7-1-15(2-8-18)20(35)24(26,27)28/h1-8,13,20,32,35H,9-12,14,29H2,(H2,30,33)(H2,31,36)/b19-13+. The maximum Gasteiger partial charge on any atom is 0.418 e. The van der Waals surface area contributed by atoms with Gasteiger partial charge in [-0.1, -0.05) is 12.1 Å². The fourth-order valence-corrected chi connectivity index (χ4v) is 3.87. The van der Waals surface area contributed by atoms with Gasteiger partial charge in [0.05, 0.1) is 16.8 Å². The summed E-state index contributed by atoms with van der Waals surface area (Å²) in [4.78, 5) is 18.1. The third-order valence-corrected chi connectivity index (χ3v) is 6.14. The largest absolute Gasteiger partial charge is 0.418 e. The predicted octanol–water partition coefficient (Wildman–Crippen LogP) is 2.37. The van der Waals surface area contributed by atoms with Crippen molar-refractivity contribution in [3.05, 3.63) is 71.7 Å². The van der Waals surface area contributed by atoms with Crippen LogP contribution in [0.3, 0.4) is 0 Å². The molecule has 0 aromatic heterocycles. The summed E-state index contributed by atoms with van der Waals surface area (Å²) in [6.07, 6.45) is -4.79. The number of rotatable bonds is 8. The molecule has 3 rings (SSSR count). The molecule has 2 aromatic rings. The second kappa shape index (κ2) is 11.0. The van der Waals surface area contributed by atoms with Crippen LogP contribution in [0, 0.1) is 5.82 Å². The van der Waals surface area contributed by atoms with Crippen LogP contribution in [0.15, 0.2) is 65.3 Å². The number of nitrogens with one attached hydrogen (secondary N) is 1. The van der Waals surface area contributed by atoms with Crippen LogP contribution in [0.25, 0.3) is 0 Å². The lowest BCUT2D eigenvalue weighted by molar-refractivity contribution is -0.206. The molecule has 1 amide bonds. The van der Waals surface area contributed by atoms with Crippen molar-refractivity contribution in [2.75, 3.05) is 24.5 Å². The zero-order chi connectivity index (χ0) is 26.5. The molecule has 2 aromatic carbocycles. The van der Waals surface area contributed by atoms with Crippen LogP contribution in [-0.4, -0.2) is 48.2 Å². The van der Waals surface area contributed by atoms with Crippen LogP contribution in [-0.2, 0) is 4.79 Å². The van der Waals surface area contributed by atoms with Crippen molar-refractivity contribution in [3.8, 4) is 0 Å². The molecule has 36 heavy (non-hydrogen) atoms. The van der Waals surface area contributed by atoms with Crippen LogP contribution in [0.4, 0.5) is 28.9 Å². The molecule has 0 spiro atoms. The minimum Gasteiger partial charge on any atom is -0.383 e. The van der Waals surface area contributed by atoms with Crippen molar-refractivity contribution in [2.45, 2.75) is 30.7 Å². The van der Waals surface area contributed by atoms with Crippen LogP contribution in [0.1, 0.15) is 24.5 Å². The van der Waals surface area contributed by atoms with E-state index in [2.05, 4.69) is 10.3 Å². The second-order valence-corrected chi connectivity index (χ2v) is 8.55. The third kappa shape index (κ3) is 6.52. The zero-order valence-electron chi connectivity index (χ0n) is 19.3. The lowest BCUT2D eigenvalue weighted by Crippen LogP contribution is -2.56. The molecule has 0 bridgehead atoms. The van der Waals surface area contributed by atoms with E-state index in [0.717, 1.165) is 0 Å². The molecule has 0 radical (unpaired) electrons. The molecular formula is C24H28F4N6O2. The minimum absolute atomic E-state index is 0.0617. The summed E-state index contributed by atoms with van der Waals surface area (Å²) >= 11 is 0. The number of aliphatic hydroxyl groups excluding tert-OH is 1. The highest BCUT2D eigenvalue weighted by Crippen LogP contribution is 2.34. The maximum atomic E-state index is 13.1. The first kappa shape index (κ1) is 27.0. The number of carbonyl (C=O) groups is 1. The number of carbonyl (C=O) groups excluding carboxylic acids is 1. The Labute approximate surface area is 205 Å². The fraction of sp³-hybridized carbons (Fsp3) is 0.333. The van der Waals surface area contributed by atoms with Gasteiger partial charge in [-0.25, -0.2) is 9.38 Å². The normalized spacial score (nSPS) is 17.6. The molecule has 0 saturated carbocycles. The average Bonchev–Trinajstić information content (AvgIpc) is 2.85. The van der Waals surface area contributed by atoms with Gasteiger partial charge in [0.15, 0.2) is 6.10 Å². The number of nitrogens with two attached hydrogens (primary N) is 3. The van der Waals surface area contributed by atoms with Gasteiger partial charge in [-0.3, -0.25) is 4.79 Å². The van der Waals surface area contributed by atoms with Crippen LogP contribution >= 0.6 is 0 Å². The van der Waals surface area contributed by atoms with E-state index in [-0.39, 0.29) is 23.5 Å². The van der Waals surface area contributed by atoms with E-state index in [0.29, 0.717) is 37.3 Å². The van der Waals surface area contributed by atoms with Crippen molar-refractivity contribution in [2.24, 2.45) is 22.2 Å². The highest BCUT2D eigenvalue weighted by Gasteiger charge is 2.39.